The summed E-state index contributed by atoms with van der Waals surface area (Å²) >= 11 is 5.87. The van der Waals surface area contributed by atoms with Crippen molar-refractivity contribution >= 4 is 17.2 Å². The Morgan fingerprint density at radius 2 is 1.65 bits per heavy atom. The van der Waals surface area contributed by atoms with Crippen molar-refractivity contribution in [3.05, 3.63) is 76.8 Å². The molecule has 0 spiro atoms. The van der Waals surface area contributed by atoms with Crippen LogP contribution in [0.1, 0.15) is 18.1 Å². The molecule has 0 aliphatic carbocycles. The highest BCUT2D eigenvalue weighted by atomic mass is 35.5. The van der Waals surface area contributed by atoms with Crippen LogP contribution in [0.2, 0.25) is 5.02 Å². The Hall–Kier alpha value is -1.53. The Kier molecular flexibility index (Phi) is 4.00. The average Bonchev–Trinajstić information content (AvgIpc) is 2.38. The molecule has 0 atom stereocenters. The zero-order chi connectivity index (χ0) is 12.1. The monoisotopic (exact) mass is 242 g/mol. The molecule has 0 saturated carbocycles. The maximum absolute atomic E-state index is 5.87. The molecule has 0 saturated heterocycles. The van der Waals surface area contributed by atoms with Crippen molar-refractivity contribution in [2.75, 3.05) is 0 Å². The van der Waals surface area contributed by atoms with Gasteiger partial charge in [-0.3, -0.25) is 0 Å². The standard InChI is InChI=1S/C16H15Cl/c1-13(15-9-11-16(17)12-10-15)7-8-14-5-3-2-4-6-14/h2-7,9-12H,8H2,1H3/b13-7+. The highest BCUT2D eigenvalue weighted by Gasteiger charge is 1.95. The lowest BCUT2D eigenvalue weighted by molar-refractivity contribution is 1.27. The van der Waals surface area contributed by atoms with Gasteiger partial charge in [0.15, 0.2) is 0 Å². The van der Waals surface area contributed by atoms with E-state index in [0.717, 1.165) is 11.4 Å². The molecule has 0 amide bonds. The van der Waals surface area contributed by atoms with Crippen molar-refractivity contribution in [1.82, 2.24) is 0 Å². The number of allylic oxidation sites excluding steroid dienone is 2. The van der Waals surface area contributed by atoms with Gasteiger partial charge >= 0.3 is 0 Å². The number of benzene rings is 2. The summed E-state index contributed by atoms with van der Waals surface area (Å²) in [7, 11) is 0. The fraction of sp³-hybridized carbons (Fsp3) is 0.125. The summed E-state index contributed by atoms with van der Waals surface area (Å²) < 4.78 is 0. The van der Waals surface area contributed by atoms with E-state index < -0.39 is 0 Å². The first-order valence-electron chi connectivity index (χ1n) is 5.72. The van der Waals surface area contributed by atoms with Crippen molar-refractivity contribution in [3.63, 3.8) is 0 Å². The molecule has 2 aromatic carbocycles. The summed E-state index contributed by atoms with van der Waals surface area (Å²) in [5.74, 6) is 0. The van der Waals surface area contributed by atoms with Gasteiger partial charge in [0.2, 0.25) is 0 Å². The quantitative estimate of drug-likeness (QED) is 0.712. The average molecular weight is 243 g/mol. The largest absolute Gasteiger partial charge is 0.0843 e. The molecule has 17 heavy (non-hydrogen) atoms. The van der Waals surface area contributed by atoms with E-state index in [-0.39, 0.29) is 0 Å². The lowest BCUT2D eigenvalue weighted by atomic mass is 10.0. The van der Waals surface area contributed by atoms with E-state index in [0.29, 0.717) is 0 Å². The summed E-state index contributed by atoms with van der Waals surface area (Å²) in [4.78, 5) is 0. The highest BCUT2D eigenvalue weighted by Crippen LogP contribution is 2.17. The fourth-order valence-corrected chi connectivity index (χ4v) is 1.84. The first-order chi connectivity index (χ1) is 8.25. The second-order valence-electron chi connectivity index (χ2n) is 4.08. The van der Waals surface area contributed by atoms with Gasteiger partial charge in [-0.1, -0.05) is 60.1 Å². The predicted molar refractivity (Wildman–Crippen MR) is 75.2 cm³/mol. The van der Waals surface area contributed by atoms with E-state index in [1.54, 1.807) is 0 Å². The van der Waals surface area contributed by atoms with E-state index in [9.17, 15) is 0 Å². The van der Waals surface area contributed by atoms with Crippen LogP contribution in [0.25, 0.3) is 5.57 Å². The van der Waals surface area contributed by atoms with Crippen LogP contribution in [-0.4, -0.2) is 0 Å². The number of hydrogen-bond acceptors (Lipinski definition) is 0. The third kappa shape index (κ3) is 3.47. The van der Waals surface area contributed by atoms with Crippen molar-refractivity contribution in [2.45, 2.75) is 13.3 Å². The molecule has 1 heteroatoms. The molecule has 0 fully saturated rings. The van der Waals surface area contributed by atoms with Crippen molar-refractivity contribution in [1.29, 1.82) is 0 Å². The minimum atomic E-state index is 0.782. The molecular weight excluding hydrogens is 228 g/mol. The van der Waals surface area contributed by atoms with E-state index in [1.165, 1.54) is 16.7 Å². The minimum absolute atomic E-state index is 0.782. The molecule has 0 bridgehead atoms. The summed E-state index contributed by atoms with van der Waals surface area (Å²) in [6, 6.07) is 18.4. The minimum Gasteiger partial charge on any atom is -0.0843 e. The van der Waals surface area contributed by atoms with Crippen LogP contribution >= 0.6 is 11.6 Å². The zero-order valence-corrected chi connectivity index (χ0v) is 10.6. The highest BCUT2D eigenvalue weighted by molar-refractivity contribution is 6.30. The SMILES string of the molecule is C/C(=C\Cc1ccccc1)c1ccc(Cl)cc1. The third-order valence-electron chi connectivity index (χ3n) is 2.79. The Bertz CT molecular complexity index is 495. The van der Waals surface area contributed by atoms with Gasteiger partial charge in [-0.25, -0.2) is 0 Å². The topological polar surface area (TPSA) is 0 Å². The number of rotatable bonds is 3. The lowest BCUT2D eigenvalue weighted by Crippen LogP contribution is -1.83. The van der Waals surface area contributed by atoms with E-state index in [1.807, 2.05) is 18.2 Å². The maximum Gasteiger partial charge on any atom is 0.0406 e. The molecule has 0 unspecified atom stereocenters. The molecule has 2 aromatic rings. The molecule has 0 N–H and O–H groups in total. The number of halogens is 1. The maximum atomic E-state index is 5.87. The van der Waals surface area contributed by atoms with E-state index in [2.05, 4.69) is 49.4 Å². The van der Waals surface area contributed by atoms with Crippen LogP contribution in [0.15, 0.2) is 60.7 Å². The smallest absolute Gasteiger partial charge is 0.0406 e. The predicted octanol–water partition coefficient (Wildman–Crippen LogP) is 4.99. The molecule has 0 aliphatic heterocycles. The molecule has 86 valence electrons. The summed E-state index contributed by atoms with van der Waals surface area (Å²) in [6.45, 7) is 2.13. The molecular formula is C16H15Cl. The van der Waals surface area contributed by atoms with E-state index >= 15 is 0 Å². The van der Waals surface area contributed by atoms with Crippen LogP contribution in [0, 0.1) is 0 Å². The molecule has 2 rings (SSSR count). The third-order valence-corrected chi connectivity index (χ3v) is 3.04. The van der Waals surface area contributed by atoms with Crippen LogP contribution in [0.5, 0.6) is 0 Å². The van der Waals surface area contributed by atoms with Crippen molar-refractivity contribution < 1.29 is 0 Å². The van der Waals surface area contributed by atoms with Gasteiger partial charge in [0.1, 0.15) is 0 Å². The van der Waals surface area contributed by atoms with Gasteiger partial charge in [0.05, 0.1) is 0 Å². The molecule has 0 aromatic heterocycles. The first kappa shape index (κ1) is 11.9. The molecule has 0 heterocycles. The van der Waals surface area contributed by atoms with Gasteiger partial charge in [0, 0.05) is 5.02 Å². The Balaban J connectivity index is 2.10. The van der Waals surface area contributed by atoms with Crippen LogP contribution < -0.4 is 0 Å². The zero-order valence-electron chi connectivity index (χ0n) is 9.86. The normalized spacial score (nSPS) is 11.5. The van der Waals surface area contributed by atoms with Gasteiger partial charge in [0.25, 0.3) is 0 Å². The van der Waals surface area contributed by atoms with Crippen molar-refractivity contribution in [3.8, 4) is 0 Å². The van der Waals surface area contributed by atoms with Gasteiger partial charge < -0.3 is 0 Å². The van der Waals surface area contributed by atoms with Crippen molar-refractivity contribution in [2.24, 2.45) is 0 Å². The number of hydrogen-bond donors (Lipinski definition) is 0. The van der Waals surface area contributed by atoms with E-state index in [4.69, 9.17) is 11.6 Å². The van der Waals surface area contributed by atoms with Crippen LogP contribution in [0.4, 0.5) is 0 Å². The van der Waals surface area contributed by atoms with Crippen LogP contribution in [0.3, 0.4) is 0 Å². The molecule has 0 nitrogen and oxygen atoms in total. The lowest BCUT2D eigenvalue weighted by Gasteiger charge is -2.02. The summed E-state index contributed by atoms with van der Waals surface area (Å²) in [5.41, 5.74) is 3.84. The van der Waals surface area contributed by atoms with Gasteiger partial charge in [-0.2, -0.15) is 0 Å². The summed E-state index contributed by atoms with van der Waals surface area (Å²) in [5, 5.41) is 0.782. The molecule has 0 aliphatic rings. The first-order valence-corrected chi connectivity index (χ1v) is 6.10. The second kappa shape index (κ2) is 5.70. The Labute approximate surface area is 108 Å². The summed E-state index contributed by atoms with van der Waals surface area (Å²) in [6.07, 6.45) is 3.22. The fourth-order valence-electron chi connectivity index (χ4n) is 1.72. The Morgan fingerprint density at radius 3 is 2.29 bits per heavy atom. The van der Waals surface area contributed by atoms with Gasteiger partial charge in [-0.05, 0) is 42.2 Å². The van der Waals surface area contributed by atoms with Crippen LogP contribution in [-0.2, 0) is 6.42 Å². The van der Waals surface area contributed by atoms with Gasteiger partial charge in [-0.15, -0.1) is 0 Å². The second-order valence-corrected chi connectivity index (χ2v) is 4.52. The molecule has 0 radical (unpaired) electrons. The Morgan fingerprint density at radius 1 is 1.00 bits per heavy atom.